The topological polar surface area (TPSA) is 41.6 Å². The second kappa shape index (κ2) is 5.89. The van der Waals surface area contributed by atoms with Gasteiger partial charge in [0.05, 0.1) is 19.1 Å². The number of hydrogen-bond acceptors (Lipinski definition) is 4. The number of carbonyl (C=O) groups is 1. The number of carbonyl (C=O) groups excluding carboxylic acids is 1. The summed E-state index contributed by atoms with van der Waals surface area (Å²) in [5.74, 6) is 1.32. The molecular weight excluding hydrogens is 224 g/mol. The first-order valence-corrected chi connectivity index (χ1v) is 7.02. The van der Waals surface area contributed by atoms with E-state index in [0.29, 0.717) is 11.7 Å². The van der Waals surface area contributed by atoms with Gasteiger partial charge < -0.3 is 15.0 Å². The van der Waals surface area contributed by atoms with Crippen LogP contribution in [-0.4, -0.2) is 60.7 Å². The minimum Gasteiger partial charge on any atom is -0.375 e. The fourth-order valence-corrected chi connectivity index (χ4v) is 3.13. The van der Waals surface area contributed by atoms with Crippen LogP contribution < -0.4 is 5.32 Å². The highest BCUT2D eigenvalue weighted by molar-refractivity contribution is 7.99. The van der Waals surface area contributed by atoms with Crippen LogP contribution >= 0.6 is 11.8 Å². The molecule has 1 amide bonds. The largest absolute Gasteiger partial charge is 0.375 e. The summed E-state index contributed by atoms with van der Waals surface area (Å²) in [7, 11) is 0. The van der Waals surface area contributed by atoms with Gasteiger partial charge >= 0.3 is 0 Å². The molecule has 2 heterocycles. The predicted octanol–water partition coefficient (Wildman–Crippen LogP) is 0.329. The Morgan fingerprint density at radius 3 is 3.19 bits per heavy atom. The summed E-state index contributed by atoms with van der Waals surface area (Å²) in [6.45, 7) is 6.41. The van der Waals surface area contributed by atoms with Gasteiger partial charge in [0.1, 0.15) is 0 Å². The molecule has 0 bridgehead atoms. The second-order valence-electron chi connectivity index (χ2n) is 4.42. The molecule has 5 heteroatoms. The van der Waals surface area contributed by atoms with Crippen LogP contribution in [0, 0.1) is 0 Å². The number of ether oxygens (including phenoxy) is 1. The molecule has 4 nitrogen and oxygen atoms in total. The number of nitrogens with one attached hydrogen (secondary N) is 1. The summed E-state index contributed by atoms with van der Waals surface area (Å²) in [6.07, 6.45) is 0.607. The highest BCUT2D eigenvalue weighted by atomic mass is 32.2. The lowest BCUT2D eigenvalue weighted by Gasteiger charge is -2.32. The van der Waals surface area contributed by atoms with Crippen molar-refractivity contribution in [1.82, 2.24) is 10.2 Å². The van der Waals surface area contributed by atoms with Crippen LogP contribution in [0.1, 0.15) is 13.3 Å². The summed E-state index contributed by atoms with van der Waals surface area (Å²) in [4.78, 5) is 14.0. The summed E-state index contributed by atoms with van der Waals surface area (Å²) in [6, 6.07) is 0. The van der Waals surface area contributed by atoms with Crippen molar-refractivity contribution < 1.29 is 9.53 Å². The quantitative estimate of drug-likeness (QED) is 0.760. The lowest BCUT2D eigenvalue weighted by Crippen LogP contribution is -2.45. The van der Waals surface area contributed by atoms with Gasteiger partial charge in [-0.15, -0.1) is 0 Å². The van der Waals surface area contributed by atoms with Gasteiger partial charge in [0.25, 0.3) is 0 Å². The number of amides is 1. The third-order valence-corrected chi connectivity index (χ3v) is 4.14. The van der Waals surface area contributed by atoms with Crippen LogP contribution in [0.15, 0.2) is 0 Å². The molecule has 2 atom stereocenters. The molecular formula is C11H20N2O2S. The normalized spacial score (nSPS) is 31.4. The molecule has 92 valence electrons. The Balaban J connectivity index is 1.77. The second-order valence-corrected chi connectivity index (χ2v) is 5.97. The molecule has 0 aliphatic carbocycles. The summed E-state index contributed by atoms with van der Waals surface area (Å²) < 4.78 is 5.55. The first-order chi connectivity index (χ1) is 7.75. The molecule has 1 N–H and O–H groups in total. The van der Waals surface area contributed by atoms with E-state index in [4.69, 9.17) is 4.74 Å². The number of hydrogen-bond donors (Lipinski definition) is 1. The van der Waals surface area contributed by atoms with Gasteiger partial charge in [-0.1, -0.05) is 6.92 Å². The van der Waals surface area contributed by atoms with E-state index in [2.05, 4.69) is 12.2 Å². The molecule has 16 heavy (non-hydrogen) atoms. The van der Waals surface area contributed by atoms with E-state index in [0.717, 1.165) is 38.5 Å². The molecule has 0 radical (unpaired) electrons. The predicted molar refractivity (Wildman–Crippen MR) is 65.7 cm³/mol. The summed E-state index contributed by atoms with van der Waals surface area (Å²) in [5, 5.41) is 3.82. The van der Waals surface area contributed by atoms with Crippen LogP contribution in [0.25, 0.3) is 0 Å². The Labute approximate surface area is 101 Å². The van der Waals surface area contributed by atoms with Gasteiger partial charge in [-0.05, 0) is 0 Å². The zero-order valence-corrected chi connectivity index (χ0v) is 10.6. The van der Waals surface area contributed by atoms with Crippen LogP contribution in [0.2, 0.25) is 0 Å². The smallest absolute Gasteiger partial charge is 0.225 e. The summed E-state index contributed by atoms with van der Waals surface area (Å²) >= 11 is 1.95. The number of rotatable bonds is 2. The van der Waals surface area contributed by atoms with Gasteiger partial charge in [-0.2, -0.15) is 11.8 Å². The molecule has 2 aliphatic rings. The van der Waals surface area contributed by atoms with Crippen molar-refractivity contribution in [3.63, 3.8) is 0 Å². The van der Waals surface area contributed by atoms with Crippen molar-refractivity contribution in [3.05, 3.63) is 0 Å². The molecule has 0 saturated carbocycles. The Hall–Kier alpha value is -0.260. The number of thioether (sulfide) groups is 1. The first-order valence-electron chi connectivity index (χ1n) is 5.97. The summed E-state index contributed by atoms with van der Waals surface area (Å²) in [5.41, 5.74) is 0. The maximum Gasteiger partial charge on any atom is 0.225 e. The van der Waals surface area contributed by atoms with Crippen molar-refractivity contribution in [3.8, 4) is 0 Å². The molecule has 0 aromatic carbocycles. The van der Waals surface area contributed by atoms with Crippen LogP contribution in [0.4, 0.5) is 0 Å². The van der Waals surface area contributed by atoms with Crippen molar-refractivity contribution in [2.45, 2.75) is 24.7 Å². The minimum absolute atomic E-state index is 0.0751. The Morgan fingerprint density at radius 2 is 2.50 bits per heavy atom. The van der Waals surface area contributed by atoms with E-state index in [1.807, 2.05) is 16.7 Å². The monoisotopic (exact) mass is 244 g/mol. The lowest BCUT2D eigenvalue weighted by atomic mass is 10.2. The van der Waals surface area contributed by atoms with Gasteiger partial charge in [0.15, 0.2) is 0 Å². The Kier molecular flexibility index (Phi) is 4.49. The van der Waals surface area contributed by atoms with E-state index in [9.17, 15) is 4.79 Å². The standard InChI is InChI=1S/C11H20N2O2S/c1-9-8-13(3-5-16-9)11(14)6-10-7-12-2-4-15-10/h9-10,12H,2-8H2,1H3. The SMILES string of the molecule is CC1CN(C(=O)CC2CNCCO2)CCS1. The zero-order valence-electron chi connectivity index (χ0n) is 9.78. The lowest BCUT2D eigenvalue weighted by molar-refractivity contribution is -0.134. The van der Waals surface area contributed by atoms with Crippen LogP contribution in [0.5, 0.6) is 0 Å². The molecule has 2 saturated heterocycles. The highest BCUT2D eigenvalue weighted by Crippen LogP contribution is 2.18. The molecule has 2 unspecified atom stereocenters. The van der Waals surface area contributed by atoms with Crippen molar-refractivity contribution in [1.29, 1.82) is 0 Å². The van der Waals surface area contributed by atoms with E-state index in [1.54, 1.807) is 0 Å². The third kappa shape index (κ3) is 3.37. The van der Waals surface area contributed by atoms with E-state index >= 15 is 0 Å². The van der Waals surface area contributed by atoms with E-state index < -0.39 is 0 Å². The minimum atomic E-state index is 0.0751. The van der Waals surface area contributed by atoms with Crippen LogP contribution in [-0.2, 0) is 9.53 Å². The maximum absolute atomic E-state index is 12.0. The molecule has 2 fully saturated rings. The zero-order chi connectivity index (χ0) is 11.4. The molecule has 2 rings (SSSR count). The first kappa shape index (κ1) is 12.2. The third-order valence-electron chi connectivity index (χ3n) is 3.00. The van der Waals surface area contributed by atoms with E-state index in [1.165, 1.54) is 0 Å². The molecule has 0 aromatic heterocycles. The fraction of sp³-hybridized carbons (Fsp3) is 0.909. The van der Waals surface area contributed by atoms with Crippen molar-refractivity contribution in [2.75, 3.05) is 38.5 Å². The number of morpholine rings is 1. The Bertz CT molecular complexity index is 244. The molecule has 0 spiro atoms. The average molecular weight is 244 g/mol. The highest BCUT2D eigenvalue weighted by Gasteiger charge is 2.24. The van der Waals surface area contributed by atoms with Crippen molar-refractivity contribution >= 4 is 17.7 Å². The van der Waals surface area contributed by atoms with Crippen LogP contribution in [0.3, 0.4) is 0 Å². The van der Waals surface area contributed by atoms with Crippen molar-refractivity contribution in [2.24, 2.45) is 0 Å². The molecule has 2 aliphatic heterocycles. The fourth-order valence-electron chi connectivity index (χ4n) is 2.12. The average Bonchev–Trinajstić information content (AvgIpc) is 2.30. The van der Waals surface area contributed by atoms with Gasteiger partial charge in [-0.25, -0.2) is 0 Å². The molecule has 0 aromatic rings. The van der Waals surface area contributed by atoms with Gasteiger partial charge in [0.2, 0.25) is 5.91 Å². The van der Waals surface area contributed by atoms with E-state index in [-0.39, 0.29) is 12.0 Å². The Morgan fingerprint density at radius 1 is 1.62 bits per heavy atom. The maximum atomic E-state index is 12.0. The van der Waals surface area contributed by atoms with Gasteiger partial charge in [0, 0.05) is 37.2 Å². The van der Waals surface area contributed by atoms with Gasteiger partial charge in [-0.3, -0.25) is 4.79 Å². The number of nitrogens with zero attached hydrogens (tertiary/aromatic N) is 1.